The molecular formula is C16H15N3O. The van der Waals surface area contributed by atoms with Crippen molar-refractivity contribution < 1.29 is 4.79 Å². The predicted molar refractivity (Wildman–Crippen MR) is 76.0 cm³/mol. The van der Waals surface area contributed by atoms with Gasteiger partial charge >= 0.3 is 0 Å². The summed E-state index contributed by atoms with van der Waals surface area (Å²) in [6.45, 7) is 3.85. The van der Waals surface area contributed by atoms with Crippen LogP contribution in [0.15, 0.2) is 42.6 Å². The number of hydrogen-bond acceptors (Lipinski definition) is 3. The second-order valence-corrected chi connectivity index (χ2v) is 4.59. The minimum Gasteiger partial charge on any atom is -0.344 e. The van der Waals surface area contributed by atoms with Gasteiger partial charge < -0.3 is 5.32 Å². The van der Waals surface area contributed by atoms with E-state index < -0.39 is 0 Å². The van der Waals surface area contributed by atoms with Crippen molar-refractivity contribution in [3.05, 3.63) is 65.0 Å². The Hall–Kier alpha value is -2.67. The van der Waals surface area contributed by atoms with Crippen LogP contribution in [-0.2, 0) is 0 Å². The zero-order valence-electron chi connectivity index (χ0n) is 11.4. The monoisotopic (exact) mass is 265 g/mol. The van der Waals surface area contributed by atoms with E-state index >= 15 is 0 Å². The van der Waals surface area contributed by atoms with Gasteiger partial charge in [-0.05, 0) is 43.7 Å². The van der Waals surface area contributed by atoms with Crippen LogP contribution in [0.3, 0.4) is 0 Å². The molecule has 1 aromatic heterocycles. The molecule has 0 saturated carbocycles. The molecule has 0 fully saturated rings. The number of aryl methyl sites for hydroxylation is 1. The van der Waals surface area contributed by atoms with Crippen molar-refractivity contribution in [1.29, 1.82) is 5.26 Å². The molecule has 1 amide bonds. The molecule has 1 heterocycles. The number of nitriles is 1. The van der Waals surface area contributed by atoms with Gasteiger partial charge in [-0.2, -0.15) is 5.26 Å². The molecule has 100 valence electrons. The first-order valence-corrected chi connectivity index (χ1v) is 6.34. The summed E-state index contributed by atoms with van der Waals surface area (Å²) in [4.78, 5) is 16.5. The van der Waals surface area contributed by atoms with E-state index in [-0.39, 0.29) is 11.9 Å². The highest BCUT2D eigenvalue weighted by molar-refractivity contribution is 5.94. The number of nitrogens with one attached hydrogen (secondary N) is 1. The van der Waals surface area contributed by atoms with E-state index in [1.54, 1.807) is 30.5 Å². The quantitative estimate of drug-likeness (QED) is 0.928. The molecule has 1 atom stereocenters. The van der Waals surface area contributed by atoms with Crippen LogP contribution in [0, 0.1) is 18.3 Å². The summed E-state index contributed by atoms with van der Waals surface area (Å²) in [7, 11) is 0. The van der Waals surface area contributed by atoms with Crippen LogP contribution in [0.5, 0.6) is 0 Å². The van der Waals surface area contributed by atoms with Gasteiger partial charge in [0.15, 0.2) is 0 Å². The number of pyridine rings is 1. The topological polar surface area (TPSA) is 65.8 Å². The number of amides is 1. The lowest BCUT2D eigenvalue weighted by molar-refractivity contribution is 0.0939. The minimum atomic E-state index is -0.209. The summed E-state index contributed by atoms with van der Waals surface area (Å²) in [6, 6.07) is 12.3. The number of carbonyl (C=O) groups excluding carboxylic acids is 1. The fourth-order valence-electron chi connectivity index (χ4n) is 2.03. The average molecular weight is 265 g/mol. The summed E-state index contributed by atoms with van der Waals surface area (Å²) in [5, 5.41) is 11.7. The molecule has 20 heavy (non-hydrogen) atoms. The molecule has 0 radical (unpaired) electrons. The molecule has 2 rings (SSSR count). The maximum Gasteiger partial charge on any atom is 0.251 e. The predicted octanol–water partition coefficient (Wildman–Crippen LogP) is 2.75. The average Bonchev–Trinajstić information content (AvgIpc) is 2.47. The van der Waals surface area contributed by atoms with E-state index in [0.717, 1.165) is 11.3 Å². The van der Waals surface area contributed by atoms with Crippen molar-refractivity contribution in [2.45, 2.75) is 19.9 Å². The second kappa shape index (κ2) is 5.98. The number of benzene rings is 1. The van der Waals surface area contributed by atoms with Crippen molar-refractivity contribution in [3.63, 3.8) is 0 Å². The molecule has 0 bridgehead atoms. The van der Waals surface area contributed by atoms with E-state index in [2.05, 4.69) is 10.3 Å². The van der Waals surface area contributed by atoms with E-state index in [9.17, 15) is 4.79 Å². The second-order valence-electron chi connectivity index (χ2n) is 4.59. The number of rotatable bonds is 3. The molecule has 1 unspecified atom stereocenters. The van der Waals surface area contributed by atoms with Gasteiger partial charge in [0.05, 0.1) is 23.4 Å². The highest BCUT2D eigenvalue weighted by Gasteiger charge is 2.14. The van der Waals surface area contributed by atoms with E-state index in [1.165, 1.54) is 0 Å². The molecule has 2 aromatic rings. The number of aromatic nitrogens is 1. The molecular weight excluding hydrogens is 250 g/mol. The van der Waals surface area contributed by atoms with Gasteiger partial charge in [0.25, 0.3) is 5.91 Å². The Bertz CT molecular complexity index is 673. The number of carbonyl (C=O) groups is 1. The van der Waals surface area contributed by atoms with Crippen molar-refractivity contribution >= 4 is 5.91 Å². The molecule has 4 nitrogen and oxygen atoms in total. The Kier molecular flexibility index (Phi) is 4.11. The zero-order chi connectivity index (χ0) is 14.5. The van der Waals surface area contributed by atoms with Gasteiger partial charge in [-0.3, -0.25) is 9.78 Å². The third kappa shape index (κ3) is 3.01. The van der Waals surface area contributed by atoms with Crippen LogP contribution in [0.1, 0.15) is 40.1 Å². The summed E-state index contributed by atoms with van der Waals surface area (Å²) in [5.74, 6) is -0.209. The van der Waals surface area contributed by atoms with Gasteiger partial charge in [0.1, 0.15) is 0 Å². The van der Waals surface area contributed by atoms with Crippen molar-refractivity contribution in [2.24, 2.45) is 0 Å². The molecule has 4 heteroatoms. The maximum absolute atomic E-state index is 12.2. The molecule has 0 aliphatic carbocycles. The van der Waals surface area contributed by atoms with E-state index in [4.69, 9.17) is 5.26 Å². The fourth-order valence-corrected chi connectivity index (χ4v) is 2.03. The van der Waals surface area contributed by atoms with Crippen LogP contribution < -0.4 is 5.32 Å². The molecule has 0 aliphatic heterocycles. The van der Waals surface area contributed by atoms with E-state index in [0.29, 0.717) is 11.1 Å². The number of hydrogen-bond donors (Lipinski definition) is 1. The summed E-state index contributed by atoms with van der Waals surface area (Å²) in [5.41, 5.74) is 2.83. The van der Waals surface area contributed by atoms with Gasteiger partial charge in [-0.25, -0.2) is 0 Å². The van der Waals surface area contributed by atoms with E-state index in [1.807, 2.05) is 32.0 Å². The van der Waals surface area contributed by atoms with Crippen LogP contribution >= 0.6 is 0 Å². The van der Waals surface area contributed by atoms with Gasteiger partial charge in [0, 0.05) is 11.8 Å². The standard InChI is InChI=1S/C16H15N3O/c1-11-5-4-8-18-15(11)12(2)19-16(20)14-7-3-6-13(9-14)10-17/h3-9,12H,1-2H3,(H,19,20). The SMILES string of the molecule is Cc1cccnc1C(C)NC(=O)c1cccc(C#N)c1. The highest BCUT2D eigenvalue weighted by Crippen LogP contribution is 2.14. The third-order valence-corrected chi connectivity index (χ3v) is 3.06. The van der Waals surface area contributed by atoms with Crippen molar-refractivity contribution in [3.8, 4) is 6.07 Å². The Balaban J connectivity index is 2.15. The third-order valence-electron chi connectivity index (χ3n) is 3.06. The molecule has 0 spiro atoms. The summed E-state index contributed by atoms with van der Waals surface area (Å²) < 4.78 is 0. The normalized spacial score (nSPS) is 11.4. The zero-order valence-corrected chi connectivity index (χ0v) is 11.4. The van der Waals surface area contributed by atoms with Crippen LogP contribution in [0.4, 0.5) is 0 Å². The van der Waals surface area contributed by atoms with Crippen LogP contribution in [0.25, 0.3) is 0 Å². The van der Waals surface area contributed by atoms with Crippen LogP contribution in [0.2, 0.25) is 0 Å². The first-order valence-electron chi connectivity index (χ1n) is 6.34. The van der Waals surface area contributed by atoms with Crippen molar-refractivity contribution in [1.82, 2.24) is 10.3 Å². The summed E-state index contributed by atoms with van der Waals surface area (Å²) >= 11 is 0. The first-order chi connectivity index (χ1) is 9.61. The van der Waals surface area contributed by atoms with Crippen molar-refractivity contribution in [2.75, 3.05) is 0 Å². The smallest absolute Gasteiger partial charge is 0.251 e. The Morgan fingerprint density at radius 1 is 1.35 bits per heavy atom. The fraction of sp³-hybridized carbons (Fsp3) is 0.188. The Morgan fingerprint density at radius 2 is 2.15 bits per heavy atom. The summed E-state index contributed by atoms with van der Waals surface area (Å²) in [6.07, 6.45) is 1.71. The highest BCUT2D eigenvalue weighted by atomic mass is 16.1. The van der Waals surface area contributed by atoms with Gasteiger partial charge in [-0.15, -0.1) is 0 Å². The minimum absolute atomic E-state index is 0.186. The lowest BCUT2D eigenvalue weighted by Crippen LogP contribution is -2.27. The molecule has 1 N–H and O–H groups in total. The molecule has 0 aliphatic rings. The largest absolute Gasteiger partial charge is 0.344 e. The Labute approximate surface area is 118 Å². The van der Waals surface area contributed by atoms with Crippen LogP contribution in [-0.4, -0.2) is 10.9 Å². The maximum atomic E-state index is 12.2. The molecule has 1 aromatic carbocycles. The lowest BCUT2D eigenvalue weighted by Gasteiger charge is -2.15. The van der Waals surface area contributed by atoms with Gasteiger partial charge in [-0.1, -0.05) is 12.1 Å². The Morgan fingerprint density at radius 3 is 2.85 bits per heavy atom. The van der Waals surface area contributed by atoms with Gasteiger partial charge in [0.2, 0.25) is 0 Å². The lowest BCUT2D eigenvalue weighted by atomic mass is 10.1. The number of nitrogens with zero attached hydrogens (tertiary/aromatic N) is 2. The molecule has 0 saturated heterocycles. The first kappa shape index (κ1) is 13.8.